The third-order valence-electron chi connectivity index (χ3n) is 2.74. The number of aromatic amines is 1. The van der Waals surface area contributed by atoms with Gasteiger partial charge in [0.1, 0.15) is 5.84 Å². The van der Waals surface area contributed by atoms with E-state index in [2.05, 4.69) is 36.4 Å². The van der Waals surface area contributed by atoms with Crippen molar-refractivity contribution in [2.75, 3.05) is 0 Å². The van der Waals surface area contributed by atoms with E-state index in [4.69, 9.17) is 0 Å². The van der Waals surface area contributed by atoms with Gasteiger partial charge < -0.3 is 5.32 Å². The predicted octanol–water partition coefficient (Wildman–Crippen LogP) is 4.01. The summed E-state index contributed by atoms with van der Waals surface area (Å²) in [7, 11) is 0. The van der Waals surface area contributed by atoms with Crippen LogP contribution in [0.3, 0.4) is 0 Å². The Balaban J connectivity index is 1.94. The first-order valence-corrected chi connectivity index (χ1v) is 7.78. The summed E-state index contributed by atoms with van der Waals surface area (Å²) in [5, 5.41) is 9.48. The zero-order valence-electron chi connectivity index (χ0n) is 11.1. The summed E-state index contributed by atoms with van der Waals surface area (Å²) in [5.41, 5.74) is 1.92. The van der Waals surface area contributed by atoms with Crippen LogP contribution in [0.2, 0.25) is 0 Å². The van der Waals surface area contributed by atoms with Gasteiger partial charge in [0.25, 0.3) is 5.24 Å². The number of hydrogen-bond acceptors (Lipinski definition) is 4. The van der Waals surface area contributed by atoms with Gasteiger partial charge in [-0.2, -0.15) is 5.10 Å². The molecule has 1 saturated heterocycles. The lowest BCUT2D eigenvalue weighted by atomic mass is 10.2. The first kappa shape index (κ1) is 14.1. The first-order valence-electron chi connectivity index (χ1n) is 6.17. The number of thioether (sulfide) groups is 1. The average molecular weight is 363 g/mol. The topological polar surface area (TPSA) is 70.1 Å². The standard InChI is InChI=1S/C14H11BrN4OS/c1-8-6-12(19-18-8)16-13-11(21-14(20)17-13)7-9-2-4-10(15)5-3-9/h2-7H,1H3,(H2,16,17,18,19,20)/b11-7-. The molecule has 0 spiro atoms. The molecule has 2 aromatic rings. The molecular weight excluding hydrogens is 352 g/mol. The van der Waals surface area contributed by atoms with Crippen molar-refractivity contribution in [3.63, 3.8) is 0 Å². The molecule has 1 aromatic heterocycles. The minimum atomic E-state index is -0.135. The van der Waals surface area contributed by atoms with Crippen LogP contribution in [0, 0.1) is 6.92 Å². The fraction of sp³-hybridized carbons (Fsp3) is 0.0714. The van der Waals surface area contributed by atoms with Crippen molar-refractivity contribution in [3.05, 3.63) is 51.0 Å². The van der Waals surface area contributed by atoms with E-state index in [9.17, 15) is 4.79 Å². The number of benzene rings is 1. The Morgan fingerprint density at radius 2 is 2.10 bits per heavy atom. The molecule has 7 heteroatoms. The van der Waals surface area contributed by atoms with Crippen LogP contribution in [0.25, 0.3) is 6.08 Å². The molecule has 2 heterocycles. The number of rotatable bonds is 2. The van der Waals surface area contributed by atoms with Gasteiger partial charge >= 0.3 is 0 Å². The quantitative estimate of drug-likeness (QED) is 0.847. The fourth-order valence-corrected chi connectivity index (χ4v) is 2.80. The molecule has 1 aliphatic rings. The van der Waals surface area contributed by atoms with Gasteiger partial charge in [-0.1, -0.05) is 28.1 Å². The van der Waals surface area contributed by atoms with Crippen LogP contribution in [0.15, 0.2) is 44.7 Å². The second-order valence-corrected chi connectivity index (χ2v) is 6.37. The van der Waals surface area contributed by atoms with E-state index >= 15 is 0 Å². The molecule has 2 N–H and O–H groups in total. The maximum absolute atomic E-state index is 11.6. The van der Waals surface area contributed by atoms with Crippen molar-refractivity contribution in [1.82, 2.24) is 15.5 Å². The summed E-state index contributed by atoms with van der Waals surface area (Å²) in [4.78, 5) is 16.7. The number of nitrogens with one attached hydrogen (secondary N) is 2. The highest BCUT2D eigenvalue weighted by Crippen LogP contribution is 2.28. The minimum absolute atomic E-state index is 0.135. The van der Waals surface area contributed by atoms with E-state index < -0.39 is 0 Å². The zero-order valence-corrected chi connectivity index (χ0v) is 13.5. The van der Waals surface area contributed by atoms with Gasteiger partial charge in [0.2, 0.25) is 0 Å². The number of H-pyrrole nitrogens is 1. The number of aromatic nitrogens is 2. The van der Waals surface area contributed by atoms with Gasteiger partial charge in [0.05, 0.1) is 4.91 Å². The lowest BCUT2D eigenvalue weighted by Gasteiger charge is -1.98. The molecule has 5 nitrogen and oxygen atoms in total. The zero-order chi connectivity index (χ0) is 14.8. The highest BCUT2D eigenvalue weighted by Gasteiger charge is 2.23. The summed E-state index contributed by atoms with van der Waals surface area (Å²) >= 11 is 4.53. The van der Waals surface area contributed by atoms with E-state index in [0.717, 1.165) is 32.4 Å². The number of hydrogen-bond donors (Lipinski definition) is 2. The SMILES string of the molecule is Cc1cc(N=C2NC(=O)S/C2=C\c2ccc(Br)cc2)n[nH]1. The minimum Gasteiger partial charge on any atom is -0.300 e. The molecule has 1 aliphatic heterocycles. The number of halogens is 1. The van der Waals surface area contributed by atoms with Gasteiger partial charge in [0, 0.05) is 16.2 Å². The summed E-state index contributed by atoms with van der Waals surface area (Å²) in [6.07, 6.45) is 1.92. The first-order chi connectivity index (χ1) is 10.1. The fourth-order valence-electron chi connectivity index (χ4n) is 1.80. The van der Waals surface area contributed by atoms with Gasteiger partial charge in [-0.15, -0.1) is 0 Å². The molecule has 1 aromatic carbocycles. The van der Waals surface area contributed by atoms with E-state index in [1.165, 1.54) is 0 Å². The van der Waals surface area contributed by atoms with Crippen molar-refractivity contribution in [1.29, 1.82) is 0 Å². The van der Waals surface area contributed by atoms with Crippen molar-refractivity contribution in [3.8, 4) is 0 Å². The van der Waals surface area contributed by atoms with E-state index in [1.54, 1.807) is 0 Å². The van der Waals surface area contributed by atoms with E-state index in [0.29, 0.717) is 11.7 Å². The largest absolute Gasteiger partial charge is 0.300 e. The number of carbonyl (C=O) groups excluding carboxylic acids is 1. The van der Waals surface area contributed by atoms with Crippen molar-refractivity contribution >= 4 is 50.7 Å². The Morgan fingerprint density at radius 3 is 2.76 bits per heavy atom. The molecule has 1 fully saturated rings. The number of aryl methyl sites for hydroxylation is 1. The molecule has 0 aliphatic carbocycles. The van der Waals surface area contributed by atoms with E-state index in [1.807, 2.05) is 43.3 Å². The van der Waals surface area contributed by atoms with Gasteiger partial charge in [-0.25, -0.2) is 4.99 Å². The molecule has 0 bridgehead atoms. The molecule has 21 heavy (non-hydrogen) atoms. The Morgan fingerprint density at radius 1 is 1.33 bits per heavy atom. The predicted molar refractivity (Wildman–Crippen MR) is 88.7 cm³/mol. The van der Waals surface area contributed by atoms with Crippen LogP contribution in [0.4, 0.5) is 10.6 Å². The van der Waals surface area contributed by atoms with Crippen LogP contribution >= 0.6 is 27.7 Å². The third-order valence-corrected chi connectivity index (χ3v) is 4.09. The lowest BCUT2D eigenvalue weighted by molar-refractivity contribution is 0.265. The molecule has 1 amide bonds. The molecule has 0 radical (unpaired) electrons. The Labute approximate surface area is 134 Å². The molecule has 0 atom stereocenters. The third kappa shape index (κ3) is 3.43. The maximum atomic E-state index is 11.6. The number of amides is 1. The van der Waals surface area contributed by atoms with Crippen molar-refractivity contribution < 1.29 is 4.79 Å². The number of amidine groups is 1. The monoisotopic (exact) mass is 362 g/mol. The van der Waals surface area contributed by atoms with Crippen molar-refractivity contribution in [2.45, 2.75) is 6.92 Å². The summed E-state index contributed by atoms with van der Waals surface area (Å²) in [5.74, 6) is 1.08. The highest BCUT2D eigenvalue weighted by molar-refractivity contribution is 9.10. The summed E-state index contributed by atoms with van der Waals surface area (Å²) in [6.45, 7) is 1.90. The lowest BCUT2D eigenvalue weighted by Crippen LogP contribution is -2.18. The summed E-state index contributed by atoms with van der Waals surface area (Å²) in [6, 6.07) is 9.66. The van der Waals surface area contributed by atoms with Gasteiger partial charge in [0.15, 0.2) is 5.82 Å². The molecule has 106 valence electrons. The second-order valence-electron chi connectivity index (χ2n) is 4.44. The van der Waals surface area contributed by atoms with Gasteiger partial charge in [-0.05, 0) is 42.5 Å². The summed E-state index contributed by atoms with van der Waals surface area (Å²) < 4.78 is 1.01. The average Bonchev–Trinajstić information content (AvgIpc) is 2.99. The molecule has 0 unspecified atom stereocenters. The Bertz CT molecular complexity index is 749. The number of aliphatic imine (C=N–C) groups is 1. The van der Waals surface area contributed by atoms with E-state index in [-0.39, 0.29) is 5.24 Å². The van der Waals surface area contributed by atoms with Crippen molar-refractivity contribution in [2.24, 2.45) is 4.99 Å². The smallest absolute Gasteiger partial charge is 0.289 e. The Kier molecular flexibility index (Phi) is 3.94. The van der Waals surface area contributed by atoms with Crippen LogP contribution in [0.5, 0.6) is 0 Å². The highest BCUT2D eigenvalue weighted by atomic mass is 79.9. The Hall–Kier alpha value is -1.86. The number of nitrogens with zero attached hydrogens (tertiary/aromatic N) is 2. The normalized spacial score (nSPS) is 18.5. The molecular formula is C14H11BrN4OS. The van der Waals surface area contributed by atoms with Crippen LogP contribution < -0.4 is 5.32 Å². The second kappa shape index (κ2) is 5.87. The van der Waals surface area contributed by atoms with Crippen LogP contribution in [-0.4, -0.2) is 21.3 Å². The molecule has 0 saturated carbocycles. The van der Waals surface area contributed by atoms with Gasteiger partial charge in [-0.3, -0.25) is 9.89 Å². The maximum Gasteiger partial charge on any atom is 0.289 e. The number of carbonyl (C=O) groups is 1. The van der Waals surface area contributed by atoms with Crippen LogP contribution in [0.1, 0.15) is 11.3 Å². The van der Waals surface area contributed by atoms with Crippen LogP contribution in [-0.2, 0) is 0 Å². The molecule has 3 rings (SSSR count).